The molecule has 0 radical (unpaired) electrons. The van der Waals surface area contributed by atoms with Crippen LogP contribution in [0.5, 0.6) is 5.75 Å². The number of aliphatic hydroxyl groups is 1. The Morgan fingerprint density at radius 1 is 1.41 bits per heavy atom. The van der Waals surface area contributed by atoms with Crippen molar-refractivity contribution in [3.8, 4) is 5.75 Å². The average Bonchev–Trinajstić information content (AvgIpc) is 2.21. The molecule has 0 heterocycles. The molecule has 0 saturated carbocycles. The zero-order valence-corrected chi connectivity index (χ0v) is 11.3. The van der Waals surface area contributed by atoms with E-state index in [1.165, 1.54) is 0 Å². The number of nitrogens with one attached hydrogen (secondary N) is 1. The van der Waals surface area contributed by atoms with Crippen LogP contribution in [0.15, 0.2) is 18.2 Å². The van der Waals surface area contributed by atoms with Crippen LogP contribution in [0.3, 0.4) is 0 Å². The Bertz CT molecular complexity index is 361. The molecule has 3 nitrogen and oxygen atoms in total. The number of halogens is 1. The van der Waals surface area contributed by atoms with E-state index >= 15 is 0 Å². The lowest BCUT2D eigenvalue weighted by Gasteiger charge is -2.18. The third-order valence-corrected chi connectivity index (χ3v) is 2.75. The summed E-state index contributed by atoms with van der Waals surface area (Å²) in [5, 5.41) is 13.4. The second-order valence-corrected chi connectivity index (χ2v) is 5.06. The van der Waals surface area contributed by atoms with Crippen molar-refractivity contribution in [2.24, 2.45) is 0 Å². The summed E-state index contributed by atoms with van der Waals surface area (Å²) in [6.07, 6.45) is 0.582. The highest BCUT2D eigenvalue weighted by Crippen LogP contribution is 2.26. The van der Waals surface area contributed by atoms with Crippen molar-refractivity contribution in [3.63, 3.8) is 0 Å². The monoisotopic (exact) mass is 257 g/mol. The van der Waals surface area contributed by atoms with Gasteiger partial charge in [-0.2, -0.15) is 0 Å². The molecule has 17 heavy (non-hydrogen) atoms. The van der Waals surface area contributed by atoms with Crippen LogP contribution in [0.4, 0.5) is 0 Å². The van der Waals surface area contributed by atoms with Gasteiger partial charge in [0.25, 0.3) is 0 Å². The standard InChI is InChI=1S/C13H20ClNO2/c1-13(2,16)7-8-17-12-6-4-5-11(14)10(12)9-15-3/h4-6,15-16H,7-9H2,1-3H3. The first-order valence-electron chi connectivity index (χ1n) is 5.71. The minimum Gasteiger partial charge on any atom is -0.493 e. The highest BCUT2D eigenvalue weighted by molar-refractivity contribution is 6.31. The Morgan fingerprint density at radius 3 is 2.71 bits per heavy atom. The number of hydrogen-bond acceptors (Lipinski definition) is 3. The lowest BCUT2D eigenvalue weighted by atomic mass is 10.1. The lowest BCUT2D eigenvalue weighted by molar-refractivity contribution is 0.0552. The SMILES string of the molecule is CNCc1c(Cl)cccc1OCCC(C)(C)O. The fourth-order valence-corrected chi connectivity index (χ4v) is 1.67. The highest BCUT2D eigenvalue weighted by atomic mass is 35.5. The minimum absolute atomic E-state index is 0.473. The van der Waals surface area contributed by atoms with Gasteiger partial charge in [0.2, 0.25) is 0 Å². The summed E-state index contributed by atoms with van der Waals surface area (Å²) >= 11 is 6.11. The summed E-state index contributed by atoms with van der Waals surface area (Å²) < 4.78 is 5.66. The zero-order chi connectivity index (χ0) is 12.9. The number of ether oxygens (including phenoxy) is 1. The first-order chi connectivity index (χ1) is 7.94. The number of hydrogen-bond donors (Lipinski definition) is 2. The van der Waals surface area contributed by atoms with Crippen LogP contribution in [0.25, 0.3) is 0 Å². The van der Waals surface area contributed by atoms with E-state index in [-0.39, 0.29) is 0 Å². The third kappa shape index (κ3) is 4.94. The largest absolute Gasteiger partial charge is 0.493 e. The Balaban J connectivity index is 2.67. The maximum atomic E-state index is 9.60. The minimum atomic E-state index is -0.707. The van der Waals surface area contributed by atoms with Crippen molar-refractivity contribution in [2.45, 2.75) is 32.4 Å². The molecule has 0 unspecified atom stereocenters. The molecule has 0 fully saturated rings. The second kappa shape index (κ2) is 6.24. The first kappa shape index (κ1) is 14.3. The molecule has 1 rings (SSSR count). The van der Waals surface area contributed by atoms with E-state index in [1.807, 2.05) is 25.2 Å². The maximum Gasteiger partial charge on any atom is 0.125 e. The molecular weight excluding hydrogens is 238 g/mol. The van der Waals surface area contributed by atoms with Gasteiger partial charge in [-0.15, -0.1) is 0 Å². The normalized spacial score (nSPS) is 11.6. The molecule has 1 aromatic carbocycles. The molecule has 1 aromatic rings. The van der Waals surface area contributed by atoms with Crippen molar-refractivity contribution in [1.82, 2.24) is 5.32 Å². The van der Waals surface area contributed by atoms with Gasteiger partial charge in [0.1, 0.15) is 5.75 Å². The molecule has 0 atom stereocenters. The summed E-state index contributed by atoms with van der Waals surface area (Å²) in [4.78, 5) is 0. The van der Waals surface area contributed by atoms with Crippen molar-refractivity contribution >= 4 is 11.6 Å². The molecule has 0 saturated heterocycles. The van der Waals surface area contributed by atoms with E-state index < -0.39 is 5.60 Å². The molecule has 0 aliphatic rings. The van der Waals surface area contributed by atoms with Crippen molar-refractivity contribution < 1.29 is 9.84 Å². The van der Waals surface area contributed by atoms with Crippen LogP contribution in [-0.2, 0) is 6.54 Å². The molecule has 0 aromatic heterocycles. The Kier molecular flexibility index (Phi) is 5.25. The van der Waals surface area contributed by atoms with E-state index in [2.05, 4.69) is 5.32 Å². The fraction of sp³-hybridized carbons (Fsp3) is 0.538. The van der Waals surface area contributed by atoms with Gasteiger partial charge in [-0.1, -0.05) is 17.7 Å². The highest BCUT2D eigenvalue weighted by Gasteiger charge is 2.13. The second-order valence-electron chi connectivity index (χ2n) is 4.66. The van der Waals surface area contributed by atoms with Crippen LogP contribution in [0.2, 0.25) is 5.02 Å². The van der Waals surface area contributed by atoms with Gasteiger partial charge in [-0.05, 0) is 33.0 Å². The molecule has 0 aliphatic carbocycles. The molecule has 0 bridgehead atoms. The fourth-order valence-electron chi connectivity index (χ4n) is 1.43. The van der Waals surface area contributed by atoms with E-state index in [4.69, 9.17) is 16.3 Å². The Morgan fingerprint density at radius 2 is 2.12 bits per heavy atom. The Hall–Kier alpha value is -0.770. The Labute approximate surface area is 108 Å². The van der Waals surface area contributed by atoms with Gasteiger partial charge in [0.05, 0.1) is 12.2 Å². The van der Waals surface area contributed by atoms with Crippen molar-refractivity contribution in [2.75, 3.05) is 13.7 Å². The van der Waals surface area contributed by atoms with E-state index in [9.17, 15) is 5.11 Å². The summed E-state index contributed by atoms with van der Waals surface area (Å²) in [6, 6.07) is 5.60. The summed E-state index contributed by atoms with van der Waals surface area (Å²) in [7, 11) is 1.87. The zero-order valence-electron chi connectivity index (χ0n) is 10.6. The number of benzene rings is 1. The first-order valence-corrected chi connectivity index (χ1v) is 6.09. The molecule has 2 N–H and O–H groups in total. The molecule has 4 heteroatoms. The van der Waals surface area contributed by atoms with E-state index in [0.717, 1.165) is 11.3 Å². The summed E-state index contributed by atoms with van der Waals surface area (Å²) in [6.45, 7) is 4.67. The van der Waals surface area contributed by atoms with Gasteiger partial charge in [0, 0.05) is 23.6 Å². The van der Waals surface area contributed by atoms with Crippen LogP contribution >= 0.6 is 11.6 Å². The molecule has 0 amide bonds. The topological polar surface area (TPSA) is 41.5 Å². The van der Waals surface area contributed by atoms with Gasteiger partial charge < -0.3 is 15.2 Å². The predicted octanol–water partition coefficient (Wildman–Crippen LogP) is 2.60. The summed E-state index contributed by atoms with van der Waals surface area (Å²) in [5.41, 5.74) is 0.245. The quantitative estimate of drug-likeness (QED) is 0.823. The van der Waals surface area contributed by atoms with E-state index in [1.54, 1.807) is 13.8 Å². The molecule has 0 aliphatic heterocycles. The average molecular weight is 258 g/mol. The number of rotatable bonds is 6. The maximum absolute atomic E-state index is 9.60. The van der Waals surface area contributed by atoms with Crippen LogP contribution < -0.4 is 10.1 Å². The van der Waals surface area contributed by atoms with Gasteiger partial charge in [0.15, 0.2) is 0 Å². The van der Waals surface area contributed by atoms with Crippen molar-refractivity contribution in [1.29, 1.82) is 0 Å². The molecule has 96 valence electrons. The smallest absolute Gasteiger partial charge is 0.125 e. The molecular formula is C13H20ClNO2. The molecule has 0 spiro atoms. The van der Waals surface area contributed by atoms with Gasteiger partial charge in [-0.25, -0.2) is 0 Å². The van der Waals surface area contributed by atoms with Gasteiger partial charge >= 0.3 is 0 Å². The van der Waals surface area contributed by atoms with Gasteiger partial charge in [-0.3, -0.25) is 0 Å². The van der Waals surface area contributed by atoms with Crippen LogP contribution in [-0.4, -0.2) is 24.4 Å². The van der Waals surface area contributed by atoms with Crippen LogP contribution in [0, 0.1) is 0 Å². The predicted molar refractivity (Wildman–Crippen MR) is 70.6 cm³/mol. The van der Waals surface area contributed by atoms with E-state index in [0.29, 0.717) is 24.6 Å². The lowest BCUT2D eigenvalue weighted by Crippen LogP contribution is -2.22. The van der Waals surface area contributed by atoms with Crippen LogP contribution in [0.1, 0.15) is 25.8 Å². The summed E-state index contributed by atoms with van der Waals surface area (Å²) in [5.74, 6) is 0.774. The third-order valence-electron chi connectivity index (χ3n) is 2.40. The van der Waals surface area contributed by atoms with Crippen molar-refractivity contribution in [3.05, 3.63) is 28.8 Å².